The van der Waals surface area contributed by atoms with Crippen molar-refractivity contribution in [1.82, 2.24) is 4.90 Å². The highest BCUT2D eigenvalue weighted by Crippen LogP contribution is 2.21. The summed E-state index contributed by atoms with van der Waals surface area (Å²) in [5.74, 6) is -0.261. The molecule has 3 N–H and O–H groups in total. The molecule has 0 aromatic heterocycles. The summed E-state index contributed by atoms with van der Waals surface area (Å²) < 4.78 is 12.8. The molecule has 1 aliphatic rings. The van der Waals surface area contributed by atoms with E-state index in [4.69, 9.17) is 10.8 Å². The van der Waals surface area contributed by atoms with Gasteiger partial charge < -0.3 is 15.7 Å². The minimum Gasteiger partial charge on any atom is -0.395 e. The number of hydrogen-bond acceptors (Lipinski definition) is 4. The van der Waals surface area contributed by atoms with Crippen LogP contribution in [0.1, 0.15) is 16.8 Å². The summed E-state index contributed by atoms with van der Waals surface area (Å²) in [5, 5.41) is 8.82. The molecule has 20 heavy (non-hydrogen) atoms. The van der Waals surface area contributed by atoms with Gasteiger partial charge in [-0.05, 0) is 37.2 Å². The van der Waals surface area contributed by atoms with E-state index < -0.39 is 0 Å². The summed E-state index contributed by atoms with van der Waals surface area (Å²) >= 11 is 0. The molecule has 1 aromatic rings. The first-order valence-corrected chi connectivity index (χ1v) is 6.48. The summed E-state index contributed by atoms with van der Waals surface area (Å²) in [6.45, 7) is 2.23. The molecular weight excluding hydrogens is 327 g/mol. The summed E-state index contributed by atoms with van der Waals surface area (Å²) in [6.07, 6.45) is 0.730. The van der Waals surface area contributed by atoms with Gasteiger partial charge in [-0.2, -0.15) is 0 Å². The van der Waals surface area contributed by atoms with Gasteiger partial charge >= 0.3 is 0 Å². The Labute approximate surface area is 128 Å². The van der Waals surface area contributed by atoms with Gasteiger partial charge in [0.1, 0.15) is 5.82 Å². The molecule has 0 unspecified atom stereocenters. The van der Waals surface area contributed by atoms with Gasteiger partial charge in [0.2, 0.25) is 0 Å². The number of carbonyl (C=O) groups is 1. The quantitative estimate of drug-likeness (QED) is 0.760. The van der Waals surface area contributed by atoms with Crippen LogP contribution >= 0.6 is 17.0 Å². The number of ketones is 1. The fraction of sp³-hybridized carbons (Fsp3) is 0.500. The van der Waals surface area contributed by atoms with Gasteiger partial charge in [0, 0.05) is 30.6 Å². The summed E-state index contributed by atoms with van der Waals surface area (Å²) in [5.41, 5.74) is 6.19. The molecule has 0 amide bonds. The van der Waals surface area contributed by atoms with Gasteiger partial charge in [-0.1, -0.05) is 0 Å². The first-order valence-electron chi connectivity index (χ1n) is 6.48. The maximum Gasteiger partial charge on any atom is 0.168 e. The lowest BCUT2D eigenvalue weighted by Crippen LogP contribution is -2.51. The lowest BCUT2D eigenvalue weighted by Gasteiger charge is -2.38. The number of carbonyl (C=O) groups excluding carboxylic acids is 1. The topological polar surface area (TPSA) is 66.6 Å². The third-order valence-electron chi connectivity index (χ3n) is 3.51. The molecule has 1 aromatic carbocycles. The van der Waals surface area contributed by atoms with Crippen LogP contribution < -0.4 is 5.73 Å². The van der Waals surface area contributed by atoms with Gasteiger partial charge in [0.15, 0.2) is 5.78 Å². The van der Waals surface area contributed by atoms with E-state index in [-0.39, 0.29) is 47.1 Å². The molecular formula is C14H20BrFN2O2. The van der Waals surface area contributed by atoms with E-state index >= 15 is 0 Å². The zero-order chi connectivity index (χ0) is 13.8. The van der Waals surface area contributed by atoms with Gasteiger partial charge in [-0.15, -0.1) is 17.0 Å². The number of hydrogen-bond donors (Lipinski definition) is 2. The molecule has 1 atom stereocenters. The molecule has 1 aliphatic heterocycles. The normalized spacial score (nSPS) is 17.1. The minimum atomic E-state index is -0.329. The standard InChI is InChI=1S/C14H19FN2O2.BrH/c15-12-3-1-10(2-4-12)14(19)11-7-17(8-11)6-5-13(16)9-18;/h1-4,11,13,18H,5-9,16H2;1H/t13-;/m0./s1. The van der Waals surface area contributed by atoms with Crippen LogP contribution in [0.5, 0.6) is 0 Å². The fourth-order valence-electron chi connectivity index (χ4n) is 2.21. The first-order chi connectivity index (χ1) is 9.10. The summed E-state index contributed by atoms with van der Waals surface area (Å²) in [6, 6.07) is 5.49. The lowest BCUT2D eigenvalue weighted by atomic mass is 9.90. The van der Waals surface area contributed by atoms with Crippen molar-refractivity contribution in [3.8, 4) is 0 Å². The fourth-order valence-corrected chi connectivity index (χ4v) is 2.21. The Morgan fingerprint density at radius 1 is 1.40 bits per heavy atom. The van der Waals surface area contributed by atoms with Gasteiger partial charge in [0.25, 0.3) is 0 Å². The van der Waals surface area contributed by atoms with E-state index in [9.17, 15) is 9.18 Å². The van der Waals surface area contributed by atoms with Crippen molar-refractivity contribution in [2.24, 2.45) is 11.7 Å². The Morgan fingerprint density at radius 2 is 2.00 bits per heavy atom. The molecule has 0 saturated carbocycles. The zero-order valence-electron chi connectivity index (χ0n) is 11.2. The van der Waals surface area contributed by atoms with Gasteiger partial charge in [0.05, 0.1) is 6.61 Å². The van der Waals surface area contributed by atoms with Crippen molar-refractivity contribution in [2.45, 2.75) is 12.5 Å². The highest BCUT2D eigenvalue weighted by molar-refractivity contribution is 8.93. The van der Waals surface area contributed by atoms with Crippen LogP contribution in [0.2, 0.25) is 0 Å². The van der Waals surface area contributed by atoms with Crippen molar-refractivity contribution < 1.29 is 14.3 Å². The molecule has 4 nitrogen and oxygen atoms in total. The minimum absolute atomic E-state index is 0. The van der Waals surface area contributed by atoms with Crippen molar-refractivity contribution >= 4 is 22.8 Å². The molecule has 112 valence electrons. The highest BCUT2D eigenvalue weighted by Gasteiger charge is 2.32. The van der Waals surface area contributed by atoms with Crippen LogP contribution in [0.4, 0.5) is 4.39 Å². The molecule has 0 bridgehead atoms. The lowest BCUT2D eigenvalue weighted by molar-refractivity contribution is 0.0605. The van der Waals surface area contributed by atoms with E-state index in [1.54, 1.807) is 0 Å². The van der Waals surface area contributed by atoms with E-state index in [0.29, 0.717) is 18.7 Å². The van der Waals surface area contributed by atoms with Crippen molar-refractivity contribution in [3.63, 3.8) is 0 Å². The van der Waals surface area contributed by atoms with Crippen LogP contribution in [-0.4, -0.2) is 48.1 Å². The number of aliphatic hydroxyl groups is 1. The second kappa shape index (κ2) is 7.83. The second-order valence-corrected chi connectivity index (χ2v) is 5.06. The average Bonchev–Trinajstić information content (AvgIpc) is 2.37. The SMILES string of the molecule is Br.N[C@H](CO)CCN1CC(C(=O)c2ccc(F)cc2)C1. The maximum atomic E-state index is 12.8. The Morgan fingerprint density at radius 3 is 2.55 bits per heavy atom. The van der Waals surface area contributed by atoms with Crippen molar-refractivity contribution in [1.29, 1.82) is 0 Å². The number of nitrogens with two attached hydrogens (primary N) is 1. The van der Waals surface area contributed by atoms with Crippen molar-refractivity contribution in [2.75, 3.05) is 26.2 Å². The predicted octanol–water partition coefficient (Wildman–Crippen LogP) is 1.23. The third kappa shape index (κ3) is 4.34. The Hall–Kier alpha value is -0.820. The molecule has 0 spiro atoms. The van der Waals surface area contributed by atoms with E-state index in [1.807, 2.05) is 0 Å². The number of Topliss-reactive ketones (excluding diaryl/α,β-unsaturated/α-hetero) is 1. The molecule has 0 radical (unpaired) electrons. The van der Waals surface area contributed by atoms with E-state index in [1.165, 1.54) is 24.3 Å². The van der Waals surface area contributed by atoms with Crippen LogP contribution in [0, 0.1) is 11.7 Å². The number of aliphatic hydroxyl groups excluding tert-OH is 1. The predicted molar refractivity (Wildman–Crippen MR) is 80.7 cm³/mol. The first kappa shape index (κ1) is 17.2. The third-order valence-corrected chi connectivity index (χ3v) is 3.51. The summed E-state index contributed by atoms with van der Waals surface area (Å²) in [4.78, 5) is 14.2. The number of benzene rings is 1. The average molecular weight is 347 g/mol. The number of rotatable bonds is 6. The van der Waals surface area contributed by atoms with Crippen LogP contribution in [0.3, 0.4) is 0 Å². The monoisotopic (exact) mass is 346 g/mol. The molecule has 1 saturated heterocycles. The highest BCUT2D eigenvalue weighted by atomic mass is 79.9. The van der Waals surface area contributed by atoms with E-state index in [0.717, 1.165) is 13.0 Å². The van der Waals surface area contributed by atoms with Gasteiger partial charge in [-0.25, -0.2) is 4.39 Å². The van der Waals surface area contributed by atoms with Gasteiger partial charge in [-0.3, -0.25) is 4.79 Å². The van der Waals surface area contributed by atoms with Crippen molar-refractivity contribution in [3.05, 3.63) is 35.6 Å². The molecule has 1 fully saturated rings. The molecule has 6 heteroatoms. The number of likely N-dealkylation sites (tertiary alicyclic amines) is 1. The molecule has 2 rings (SSSR count). The maximum absolute atomic E-state index is 12.8. The largest absolute Gasteiger partial charge is 0.395 e. The van der Waals surface area contributed by atoms with Crippen LogP contribution in [0.25, 0.3) is 0 Å². The Bertz CT molecular complexity index is 435. The Balaban J connectivity index is 0.00000200. The van der Waals surface area contributed by atoms with Crippen LogP contribution in [0.15, 0.2) is 24.3 Å². The Kier molecular flexibility index (Phi) is 6.75. The second-order valence-electron chi connectivity index (χ2n) is 5.06. The number of nitrogens with zero attached hydrogens (tertiary/aromatic N) is 1. The smallest absolute Gasteiger partial charge is 0.168 e. The molecule has 1 heterocycles. The molecule has 0 aliphatic carbocycles. The van der Waals surface area contributed by atoms with Crippen LogP contribution in [-0.2, 0) is 0 Å². The summed E-state index contributed by atoms with van der Waals surface area (Å²) in [7, 11) is 0. The zero-order valence-corrected chi connectivity index (χ0v) is 12.9. The van der Waals surface area contributed by atoms with E-state index in [2.05, 4.69) is 4.90 Å². The number of halogens is 2.